The number of benzene rings is 1. The van der Waals surface area contributed by atoms with Crippen molar-refractivity contribution in [3.05, 3.63) is 29.8 Å². The van der Waals surface area contributed by atoms with Crippen LogP contribution in [0.4, 0.5) is 0 Å². The van der Waals surface area contributed by atoms with Gasteiger partial charge in [-0.2, -0.15) is 0 Å². The van der Waals surface area contributed by atoms with Crippen LogP contribution in [0, 0.1) is 0 Å². The Kier molecular flexibility index (Phi) is 5.76. The summed E-state index contributed by atoms with van der Waals surface area (Å²) in [5, 5.41) is 0. The highest BCUT2D eigenvalue weighted by Crippen LogP contribution is 2.26. The van der Waals surface area contributed by atoms with E-state index in [-0.39, 0.29) is 0 Å². The molecule has 0 bridgehead atoms. The SMILES string of the molecule is COCCN(CCOc1cccc(C(N)=S)c1)C1CC1. The van der Waals surface area contributed by atoms with E-state index in [1.807, 2.05) is 24.3 Å². The molecule has 4 nitrogen and oxygen atoms in total. The van der Waals surface area contributed by atoms with Crippen LogP contribution in [0.1, 0.15) is 18.4 Å². The summed E-state index contributed by atoms with van der Waals surface area (Å²) in [5.41, 5.74) is 6.46. The zero-order chi connectivity index (χ0) is 14.4. The second-order valence-corrected chi connectivity index (χ2v) is 5.44. The van der Waals surface area contributed by atoms with Gasteiger partial charge in [0.1, 0.15) is 17.3 Å². The average molecular weight is 294 g/mol. The van der Waals surface area contributed by atoms with Crippen LogP contribution < -0.4 is 10.5 Å². The Balaban J connectivity index is 1.79. The Morgan fingerprint density at radius 1 is 1.35 bits per heavy atom. The van der Waals surface area contributed by atoms with Crippen molar-refractivity contribution in [2.24, 2.45) is 5.73 Å². The predicted molar refractivity (Wildman–Crippen MR) is 84.3 cm³/mol. The number of hydrogen-bond acceptors (Lipinski definition) is 4. The quantitative estimate of drug-likeness (QED) is 0.704. The summed E-state index contributed by atoms with van der Waals surface area (Å²) < 4.78 is 10.9. The number of hydrogen-bond donors (Lipinski definition) is 1. The number of nitrogens with two attached hydrogens (primary N) is 1. The van der Waals surface area contributed by atoms with E-state index in [9.17, 15) is 0 Å². The Bertz CT molecular complexity index is 449. The summed E-state index contributed by atoms with van der Waals surface area (Å²) >= 11 is 4.97. The number of methoxy groups -OCH3 is 1. The van der Waals surface area contributed by atoms with Crippen LogP contribution in [0.15, 0.2) is 24.3 Å². The van der Waals surface area contributed by atoms with Crippen molar-refractivity contribution in [2.75, 3.05) is 33.4 Å². The highest BCUT2D eigenvalue weighted by atomic mass is 32.1. The molecule has 2 rings (SSSR count). The van der Waals surface area contributed by atoms with Gasteiger partial charge >= 0.3 is 0 Å². The third kappa shape index (κ3) is 4.74. The van der Waals surface area contributed by atoms with Gasteiger partial charge in [0.05, 0.1) is 6.61 Å². The molecular formula is C15H22N2O2S. The lowest BCUT2D eigenvalue weighted by Gasteiger charge is -2.21. The molecule has 5 heteroatoms. The summed E-state index contributed by atoms with van der Waals surface area (Å²) in [6, 6.07) is 8.34. The van der Waals surface area contributed by atoms with Crippen LogP contribution in [-0.2, 0) is 4.74 Å². The minimum absolute atomic E-state index is 0.398. The molecule has 0 unspecified atom stereocenters. The van der Waals surface area contributed by atoms with Crippen molar-refractivity contribution in [3.8, 4) is 5.75 Å². The van der Waals surface area contributed by atoms with Crippen LogP contribution in [0.25, 0.3) is 0 Å². The Morgan fingerprint density at radius 3 is 2.75 bits per heavy atom. The molecule has 1 aliphatic carbocycles. The summed E-state index contributed by atoms with van der Waals surface area (Å²) in [7, 11) is 1.74. The highest BCUT2D eigenvalue weighted by molar-refractivity contribution is 7.80. The van der Waals surface area contributed by atoms with Gasteiger partial charge in [0.25, 0.3) is 0 Å². The fourth-order valence-electron chi connectivity index (χ4n) is 2.15. The van der Waals surface area contributed by atoms with Crippen molar-refractivity contribution in [1.29, 1.82) is 0 Å². The molecule has 2 N–H and O–H groups in total. The van der Waals surface area contributed by atoms with E-state index in [1.165, 1.54) is 12.8 Å². The van der Waals surface area contributed by atoms with Gasteiger partial charge in [0, 0.05) is 31.8 Å². The zero-order valence-electron chi connectivity index (χ0n) is 11.9. The lowest BCUT2D eigenvalue weighted by Crippen LogP contribution is -2.33. The lowest BCUT2D eigenvalue weighted by atomic mass is 10.2. The molecule has 0 aromatic heterocycles. The van der Waals surface area contributed by atoms with E-state index in [0.717, 1.165) is 37.1 Å². The van der Waals surface area contributed by atoms with Crippen LogP contribution in [0.3, 0.4) is 0 Å². The van der Waals surface area contributed by atoms with E-state index in [1.54, 1.807) is 7.11 Å². The fourth-order valence-corrected chi connectivity index (χ4v) is 2.27. The van der Waals surface area contributed by atoms with Crippen molar-refractivity contribution >= 4 is 17.2 Å². The first kappa shape index (κ1) is 15.2. The maximum Gasteiger partial charge on any atom is 0.120 e. The lowest BCUT2D eigenvalue weighted by molar-refractivity contribution is 0.130. The molecule has 1 aliphatic rings. The summed E-state index contributed by atoms with van der Waals surface area (Å²) in [5.74, 6) is 0.817. The summed E-state index contributed by atoms with van der Waals surface area (Å²) in [4.78, 5) is 2.83. The second-order valence-electron chi connectivity index (χ2n) is 5.00. The van der Waals surface area contributed by atoms with Crippen molar-refractivity contribution in [1.82, 2.24) is 4.90 Å². The number of rotatable bonds is 9. The maximum absolute atomic E-state index is 5.79. The topological polar surface area (TPSA) is 47.7 Å². The predicted octanol–water partition coefficient (Wildman–Crippen LogP) is 1.81. The molecule has 1 fully saturated rings. The van der Waals surface area contributed by atoms with Gasteiger partial charge in [0.2, 0.25) is 0 Å². The molecule has 110 valence electrons. The normalized spacial score (nSPS) is 14.5. The first-order chi connectivity index (χ1) is 9.70. The standard InChI is InChI=1S/C15H22N2O2S/c1-18-9-7-17(13-5-6-13)8-10-19-14-4-2-3-12(11-14)15(16)20/h2-4,11,13H,5-10H2,1H3,(H2,16,20). The van der Waals surface area contributed by atoms with Crippen molar-refractivity contribution in [2.45, 2.75) is 18.9 Å². The highest BCUT2D eigenvalue weighted by Gasteiger charge is 2.28. The Morgan fingerprint density at radius 2 is 2.10 bits per heavy atom. The van der Waals surface area contributed by atoms with Gasteiger partial charge in [0.15, 0.2) is 0 Å². The molecule has 20 heavy (non-hydrogen) atoms. The molecule has 0 spiro atoms. The largest absolute Gasteiger partial charge is 0.492 e. The molecule has 1 aromatic carbocycles. The fraction of sp³-hybridized carbons (Fsp3) is 0.533. The minimum Gasteiger partial charge on any atom is -0.492 e. The van der Waals surface area contributed by atoms with E-state index >= 15 is 0 Å². The maximum atomic E-state index is 5.79. The minimum atomic E-state index is 0.398. The third-order valence-corrected chi connectivity index (χ3v) is 3.65. The van der Waals surface area contributed by atoms with Gasteiger partial charge in [-0.1, -0.05) is 24.4 Å². The van der Waals surface area contributed by atoms with Gasteiger partial charge in [-0.05, 0) is 25.0 Å². The summed E-state index contributed by atoms with van der Waals surface area (Å²) in [6.07, 6.45) is 2.58. The molecule has 0 amide bonds. The molecule has 1 saturated carbocycles. The van der Waals surface area contributed by atoms with E-state index in [0.29, 0.717) is 11.6 Å². The molecule has 1 aromatic rings. The van der Waals surface area contributed by atoms with Gasteiger partial charge < -0.3 is 15.2 Å². The van der Waals surface area contributed by atoms with Gasteiger partial charge in [-0.25, -0.2) is 0 Å². The molecule has 0 radical (unpaired) electrons. The van der Waals surface area contributed by atoms with Crippen LogP contribution in [0.2, 0.25) is 0 Å². The van der Waals surface area contributed by atoms with Crippen LogP contribution >= 0.6 is 12.2 Å². The first-order valence-corrected chi connectivity index (χ1v) is 7.37. The second kappa shape index (κ2) is 7.57. The van der Waals surface area contributed by atoms with Crippen LogP contribution in [-0.4, -0.2) is 49.3 Å². The van der Waals surface area contributed by atoms with Crippen molar-refractivity contribution in [3.63, 3.8) is 0 Å². The Hall–Kier alpha value is -1.17. The van der Waals surface area contributed by atoms with E-state index in [2.05, 4.69) is 4.90 Å². The molecule has 0 saturated heterocycles. The van der Waals surface area contributed by atoms with Gasteiger partial charge in [-0.15, -0.1) is 0 Å². The third-order valence-electron chi connectivity index (χ3n) is 3.41. The number of nitrogens with zero attached hydrogens (tertiary/aromatic N) is 1. The molecular weight excluding hydrogens is 272 g/mol. The summed E-state index contributed by atoms with van der Waals surface area (Å²) in [6.45, 7) is 3.33. The smallest absolute Gasteiger partial charge is 0.120 e. The molecule has 0 atom stereocenters. The first-order valence-electron chi connectivity index (χ1n) is 6.96. The van der Waals surface area contributed by atoms with Crippen LogP contribution in [0.5, 0.6) is 5.75 Å². The zero-order valence-corrected chi connectivity index (χ0v) is 12.7. The number of ether oxygens (including phenoxy) is 2. The van der Waals surface area contributed by atoms with E-state index in [4.69, 9.17) is 27.4 Å². The molecule has 0 heterocycles. The monoisotopic (exact) mass is 294 g/mol. The number of thiocarbonyl (C=S) groups is 1. The Labute approximate surface area is 125 Å². The van der Waals surface area contributed by atoms with Gasteiger partial charge in [-0.3, -0.25) is 4.90 Å². The molecule has 0 aliphatic heterocycles. The average Bonchev–Trinajstić information content (AvgIpc) is 3.27. The van der Waals surface area contributed by atoms with E-state index < -0.39 is 0 Å². The van der Waals surface area contributed by atoms with Crippen molar-refractivity contribution < 1.29 is 9.47 Å².